The molecule has 0 saturated carbocycles. The molecule has 0 N–H and O–H groups in total. The van der Waals surface area contributed by atoms with Gasteiger partial charge in [-0.15, -0.1) is 0 Å². The second-order valence-electron chi connectivity index (χ2n) is 6.59. The fourth-order valence-corrected chi connectivity index (χ4v) is 3.57. The van der Waals surface area contributed by atoms with E-state index in [1.54, 1.807) is 0 Å². The summed E-state index contributed by atoms with van der Waals surface area (Å²) in [5.41, 5.74) is 2.34. The molecule has 0 aromatic heterocycles. The van der Waals surface area contributed by atoms with Crippen LogP contribution in [0.3, 0.4) is 0 Å². The van der Waals surface area contributed by atoms with Crippen LogP contribution in [0.1, 0.15) is 43.4 Å². The standard InChI is InChI=1S/C21H26ClNO/c1-17-7-5-14-23(17)15-6-16-24-21(18-8-3-2-4-9-18)19-10-12-20(22)13-11-19/h2-4,8-13,17,21H,5-7,14-16H2,1H3/t17-,21+/m0/s1. The quantitative estimate of drug-likeness (QED) is 0.631. The smallest absolute Gasteiger partial charge is 0.108 e. The van der Waals surface area contributed by atoms with Crippen LogP contribution < -0.4 is 0 Å². The third kappa shape index (κ3) is 4.60. The van der Waals surface area contributed by atoms with E-state index < -0.39 is 0 Å². The first kappa shape index (κ1) is 17.5. The van der Waals surface area contributed by atoms with Crippen molar-refractivity contribution in [1.82, 2.24) is 4.90 Å². The maximum absolute atomic E-state index is 6.28. The molecule has 2 aromatic carbocycles. The van der Waals surface area contributed by atoms with Crippen molar-refractivity contribution in [2.75, 3.05) is 19.7 Å². The Kier molecular flexibility index (Phi) is 6.30. The van der Waals surface area contributed by atoms with E-state index >= 15 is 0 Å². The van der Waals surface area contributed by atoms with Gasteiger partial charge >= 0.3 is 0 Å². The summed E-state index contributed by atoms with van der Waals surface area (Å²) < 4.78 is 6.28. The van der Waals surface area contributed by atoms with E-state index in [9.17, 15) is 0 Å². The zero-order chi connectivity index (χ0) is 16.8. The summed E-state index contributed by atoms with van der Waals surface area (Å²) in [7, 11) is 0. The summed E-state index contributed by atoms with van der Waals surface area (Å²) in [6, 6.07) is 19.1. The van der Waals surface area contributed by atoms with Gasteiger partial charge in [-0.3, -0.25) is 0 Å². The molecular weight excluding hydrogens is 318 g/mol. The van der Waals surface area contributed by atoms with Gasteiger partial charge in [0.05, 0.1) is 0 Å². The van der Waals surface area contributed by atoms with E-state index in [-0.39, 0.29) is 6.10 Å². The Hall–Kier alpha value is -1.35. The van der Waals surface area contributed by atoms with E-state index in [1.165, 1.54) is 24.9 Å². The lowest BCUT2D eigenvalue weighted by Crippen LogP contribution is -2.28. The van der Waals surface area contributed by atoms with Gasteiger partial charge in [-0.25, -0.2) is 0 Å². The number of rotatable bonds is 7. The molecule has 0 bridgehead atoms. The van der Waals surface area contributed by atoms with Crippen LogP contribution in [0.5, 0.6) is 0 Å². The van der Waals surface area contributed by atoms with E-state index in [0.717, 1.165) is 36.2 Å². The lowest BCUT2D eigenvalue weighted by atomic mass is 10.0. The van der Waals surface area contributed by atoms with Crippen LogP contribution in [0.15, 0.2) is 54.6 Å². The Morgan fingerprint density at radius 2 is 1.79 bits per heavy atom. The molecule has 2 atom stereocenters. The second-order valence-corrected chi connectivity index (χ2v) is 7.03. The highest BCUT2D eigenvalue weighted by molar-refractivity contribution is 6.30. The molecule has 1 aliphatic rings. The van der Waals surface area contributed by atoms with Gasteiger partial charge in [-0.1, -0.05) is 54.1 Å². The highest BCUT2D eigenvalue weighted by Gasteiger charge is 2.20. The van der Waals surface area contributed by atoms with Crippen molar-refractivity contribution < 1.29 is 4.74 Å². The lowest BCUT2D eigenvalue weighted by molar-refractivity contribution is 0.0711. The fourth-order valence-electron chi connectivity index (χ4n) is 3.44. The SMILES string of the molecule is C[C@H]1CCCN1CCCO[C@H](c1ccccc1)c1ccc(Cl)cc1. The number of likely N-dealkylation sites (tertiary alicyclic amines) is 1. The Morgan fingerprint density at radius 1 is 1.08 bits per heavy atom. The third-order valence-corrected chi connectivity index (χ3v) is 5.09. The summed E-state index contributed by atoms with van der Waals surface area (Å²) in [4.78, 5) is 2.57. The lowest BCUT2D eigenvalue weighted by Gasteiger charge is -2.23. The molecule has 3 heteroatoms. The van der Waals surface area contributed by atoms with E-state index in [0.29, 0.717) is 0 Å². The number of halogens is 1. The van der Waals surface area contributed by atoms with Gasteiger partial charge in [-0.05, 0) is 56.0 Å². The molecule has 24 heavy (non-hydrogen) atoms. The molecule has 128 valence electrons. The minimum Gasteiger partial charge on any atom is -0.369 e. The highest BCUT2D eigenvalue weighted by atomic mass is 35.5. The highest BCUT2D eigenvalue weighted by Crippen LogP contribution is 2.27. The van der Waals surface area contributed by atoms with E-state index in [4.69, 9.17) is 16.3 Å². The number of benzene rings is 2. The minimum absolute atomic E-state index is 0.0283. The van der Waals surface area contributed by atoms with Crippen LogP contribution in [0.4, 0.5) is 0 Å². The molecule has 0 radical (unpaired) electrons. The van der Waals surface area contributed by atoms with E-state index in [1.807, 2.05) is 18.2 Å². The van der Waals surface area contributed by atoms with Crippen LogP contribution in [0.25, 0.3) is 0 Å². The van der Waals surface area contributed by atoms with Gasteiger partial charge in [0.2, 0.25) is 0 Å². The first-order valence-electron chi connectivity index (χ1n) is 8.90. The van der Waals surface area contributed by atoms with Gasteiger partial charge in [0, 0.05) is 24.2 Å². The zero-order valence-corrected chi connectivity index (χ0v) is 15.1. The maximum Gasteiger partial charge on any atom is 0.108 e. The van der Waals surface area contributed by atoms with Gasteiger partial charge < -0.3 is 9.64 Å². The van der Waals surface area contributed by atoms with E-state index in [2.05, 4.69) is 48.2 Å². The van der Waals surface area contributed by atoms with Crippen LogP contribution in [0, 0.1) is 0 Å². The molecule has 0 amide bonds. The first-order chi connectivity index (χ1) is 11.7. The molecular formula is C21H26ClNO. The van der Waals surface area contributed by atoms with Crippen molar-refractivity contribution in [3.8, 4) is 0 Å². The van der Waals surface area contributed by atoms with Gasteiger partial charge in [0.1, 0.15) is 6.10 Å². The summed E-state index contributed by atoms with van der Waals surface area (Å²) >= 11 is 6.03. The zero-order valence-electron chi connectivity index (χ0n) is 14.3. The molecule has 1 fully saturated rings. The molecule has 1 saturated heterocycles. The number of nitrogens with zero attached hydrogens (tertiary/aromatic N) is 1. The van der Waals surface area contributed by atoms with Crippen molar-refractivity contribution >= 4 is 11.6 Å². The first-order valence-corrected chi connectivity index (χ1v) is 9.28. The molecule has 1 heterocycles. The molecule has 2 nitrogen and oxygen atoms in total. The Balaban J connectivity index is 1.61. The summed E-state index contributed by atoms with van der Waals surface area (Å²) in [5.74, 6) is 0. The van der Waals surface area contributed by atoms with Crippen LogP contribution in [-0.4, -0.2) is 30.6 Å². The average molecular weight is 344 g/mol. The average Bonchev–Trinajstić information content (AvgIpc) is 3.02. The topological polar surface area (TPSA) is 12.5 Å². The normalized spacial score (nSPS) is 19.5. The van der Waals surface area contributed by atoms with Crippen molar-refractivity contribution in [2.24, 2.45) is 0 Å². The van der Waals surface area contributed by atoms with Crippen molar-refractivity contribution in [3.63, 3.8) is 0 Å². The van der Waals surface area contributed by atoms with Gasteiger partial charge in [0.25, 0.3) is 0 Å². The maximum atomic E-state index is 6.28. The summed E-state index contributed by atoms with van der Waals surface area (Å²) in [6.45, 7) is 5.46. The van der Waals surface area contributed by atoms with Crippen LogP contribution in [0.2, 0.25) is 5.02 Å². The summed E-state index contributed by atoms with van der Waals surface area (Å²) in [5, 5.41) is 0.758. The van der Waals surface area contributed by atoms with Gasteiger partial charge in [0.15, 0.2) is 0 Å². The molecule has 2 aromatic rings. The molecule has 0 spiro atoms. The number of hydrogen-bond donors (Lipinski definition) is 0. The van der Waals surface area contributed by atoms with Crippen molar-refractivity contribution in [3.05, 3.63) is 70.7 Å². The van der Waals surface area contributed by atoms with Crippen LogP contribution >= 0.6 is 11.6 Å². The fraction of sp³-hybridized carbons (Fsp3) is 0.429. The van der Waals surface area contributed by atoms with Gasteiger partial charge in [-0.2, -0.15) is 0 Å². The minimum atomic E-state index is -0.0283. The summed E-state index contributed by atoms with van der Waals surface area (Å²) in [6.07, 6.45) is 3.71. The Bertz CT molecular complexity index is 613. The van der Waals surface area contributed by atoms with Crippen molar-refractivity contribution in [2.45, 2.75) is 38.3 Å². The molecule has 3 rings (SSSR count). The predicted octanol–water partition coefficient (Wildman–Crippen LogP) is 5.32. The third-order valence-electron chi connectivity index (χ3n) is 4.84. The van der Waals surface area contributed by atoms with Crippen molar-refractivity contribution in [1.29, 1.82) is 0 Å². The second kappa shape index (κ2) is 8.66. The monoisotopic (exact) mass is 343 g/mol. The molecule has 0 aliphatic carbocycles. The number of ether oxygens (including phenoxy) is 1. The molecule has 1 aliphatic heterocycles. The Labute approximate surface area is 150 Å². The predicted molar refractivity (Wildman–Crippen MR) is 101 cm³/mol. The largest absolute Gasteiger partial charge is 0.369 e. The van der Waals surface area contributed by atoms with Crippen LogP contribution in [-0.2, 0) is 4.74 Å². The number of hydrogen-bond acceptors (Lipinski definition) is 2. The molecule has 0 unspecified atom stereocenters. The Morgan fingerprint density at radius 3 is 2.46 bits per heavy atom.